The van der Waals surface area contributed by atoms with Gasteiger partial charge in [-0.25, -0.2) is 9.78 Å². The van der Waals surface area contributed by atoms with E-state index in [-0.39, 0.29) is 5.56 Å². The van der Waals surface area contributed by atoms with Crippen LogP contribution in [0.4, 0.5) is 5.82 Å². The molecule has 5 heteroatoms. The molecule has 0 bridgehead atoms. The summed E-state index contributed by atoms with van der Waals surface area (Å²) in [5.41, 5.74) is 0.820. The second-order valence-corrected chi connectivity index (χ2v) is 5.45. The number of carboxylic acids is 1. The molecule has 0 aromatic carbocycles. The summed E-state index contributed by atoms with van der Waals surface area (Å²) in [5.74, 6) is 1.07. The van der Waals surface area contributed by atoms with E-state index in [0.717, 1.165) is 18.8 Å². The number of nitrogens with zero attached hydrogens (tertiary/aromatic N) is 1. The van der Waals surface area contributed by atoms with Gasteiger partial charge in [0.25, 0.3) is 0 Å². The van der Waals surface area contributed by atoms with E-state index in [1.807, 2.05) is 11.8 Å². The van der Waals surface area contributed by atoms with Gasteiger partial charge in [-0.1, -0.05) is 12.8 Å². The fourth-order valence-corrected chi connectivity index (χ4v) is 2.32. The Morgan fingerprint density at radius 1 is 1.32 bits per heavy atom. The van der Waals surface area contributed by atoms with Gasteiger partial charge in [-0.05, 0) is 43.9 Å². The zero-order valence-electron chi connectivity index (χ0n) is 11.6. The number of nitrogens with one attached hydrogen (secondary N) is 1. The molecule has 0 aliphatic rings. The second kappa shape index (κ2) is 8.80. The highest BCUT2D eigenvalue weighted by Gasteiger charge is 2.07. The van der Waals surface area contributed by atoms with Crippen molar-refractivity contribution < 1.29 is 9.90 Å². The Kier molecular flexibility index (Phi) is 7.33. The molecule has 1 rings (SSSR count). The van der Waals surface area contributed by atoms with Crippen LogP contribution in [0.3, 0.4) is 0 Å². The third-order valence-corrected chi connectivity index (χ3v) is 3.59. The van der Waals surface area contributed by atoms with Crippen molar-refractivity contribution in [1.29, 1.82) is 0 Å². The average molecular weight is 282 g/mol. The molecular formula is C14H22N2O2S. The van der Waals surface area contributed by atoms with Gasteiger partial charge in [0.05, 0.1) is 11.3 Å². The minimum Gasteiger partial charge on any atom is -0.478 e. The van der Waals surface area contributed by atoms with Crippen molar-refractivity contribution in [3.05, 3.63) is 23.4 Å². The maximum Gasteiger partial charge on any atom is 0.337 e. The van der Waals surface area contributed by atoms with Gasteiger partial charge in [-0.15, -0.1) is 0 Å². The van der Waals surface area contributed by atoms with Crippen LogP contribution in [0.15, 0.2) is 12.1 Å². The summed E-state index contributed by atoms with van der Waals surface area (Å²) in [6, 6.07) is 3.33. The molecule has 0 aliphatic heterocycles. The van der Waals surface area contributed by atoms with Crippen LogP contribution in [-0.2, 0) is 0 Å². The first-order valence-corrected chi connectivity index (χ1v) is 7.98. The SMILES string of the molecule is CSCCCCCCNc1ccc(C(=O)O)c(C)n1. The van der Waals surface area contributed by atoms with Gasteiger partial charge < -0.3 is 10.4 Å². The first-order chi connectivity index (χ1) is 9.15. The number of unbranched alkanes of at least 4 members (excludes halogenated alkanes) is 3. The number of aromatic carboxylic acids is 1. The summed E-state index contributed by atoms with van der Waals surface area (Å²) < 4.78 is 0. The molecule has 0 saturated carbocycles. The quantitative estimate of drug-likeness (QED) is 0.679. The van der Waals surface area contributed by atoms with E-state index in [4.69, 9.17) is 5.11 Å². The van der Waals surface area contributed by atoms with E-state index in [1.165, 1.54) is 25.0 Å². The number of thioether (sulfide) groups is 1. The molecule has 0 atom stereocenters. The van der Waals surface area contributed by atoms with Crippen molar-refractivity contribution in [3.8, 4) is 0 Å². The highest BCUT2D eigenvalue weighted by atomic mass is 32.2. The number of anilines is 1. The smallest absolute Gasteiger partial charge is 0.337 e. The molecule has 0 unspecified atom stereocenters. The summed E-state index contributed by atoms with van der Waals surface area (Å²) >= 11 is 1.89. The molecule has 0 amide bonds. The van der Waals surface area contributed by atoms with Crippen LogP contribution in [0.25, 0.3) is 0 Å². The van der Waals surface area contributed by atoms with Gasteiger partial charge in [0.2, 0.25) is 0 Å². The first kappa shape index (κ1) is 15.8. The van der Waals surface area contributed by atoms with Crippen molar-refractivity contribution in [1.82, 2.24) is 4.98 Å². The standard InChI is InChI=1S/C14H22N2O2S/c1-11-12(14(17)18)7-8-13(16-11)15-9-5-3-4-6-10-19-2/h7-8H,3-6,9-10H2,1-2H3,(H,15,16)(H,17,18). The molecule has 0 spiro atoms. The Labute approximate surface area is 119 Å². The summed E-state index contributed by atoms with van der Waals surface area (Å²) in [6.45, 7) is 2.61. The lowest BCUT2D eigenvalue weighted by Gasteiger charge is -2.07. The minimum atomic E-state index is -0.926. The number of aryl methyl sites for hydroxylation is 1. The lowest BCUT2D eigenvalue weighted by molar-refractivity contribution is 0.0695. The molecule has 2 N–H and O–H groups in total. The lowest BCUT2D eigenvalue weighted by Crippen LogP contribution is -2.07. The predicted octanol–water partition coefficient (Wildman–Crippen LogP) is 3.42. The van der Waals surface area contributed by atoms with Gasteiger partial charge in [-0.2, -0.15) is 11.8 Å². The van der Waals surface area contributed by atoms with E-state index in [0.29, 0.717) is 5.69 Å². The highest BCUT2D eigenvalue weighted by molar-refractivity contribution is 7.98. The Morgan fingerprint density at radius 3 is 2.68 bits per heavy atom. The molecule has 1 aromatic heterocycles. The fourth-order valence-electron chi connectivity index (χ4n) is 1.83. The highest BCUT2D eigenvalue weighted by Crippen LogP contribution is 2.11. The molecule has 1 heterocycles. The molecular weight excluding hydrogens is 260 g/mol. The second-order valence-electron chi connectivity index (χ2n) is 4.47. The van der Waals surface area contributed by atoms with E-state index < -0.39 is 5.97 Å². The summed E-state index contributed by atoms with van der Waals surface area (Å²) in [7, 11) is 0. The van der Waals surface area contributed by atoms with Crippen LogP contribution in [0.2, 0.25) is 0 Å². The van der Waals surface area contributed by atoms with Crippen molar-refractivity contribution in [2.45, 2.75) is 32.6 Å². The monoisotopic (exact) mass is 282 g/mol. The van der Waals surface area contributed by atoms with Crippen LogP contribution in [-0.4, -0.2) is 34.6 Å². The number of carboxylic acid groups (broad SMARTS) is 1. The van der Waals surface area contributed by atoms with E-state index >= 15 is 0 Å². The molecule has 0 fully saturated rings. The van der Waals surface area contributed by atoms with Crippen LogP contribution >= 0.6 is 11.8 Å². The zero-order valence-corrected chi connectivity index (χ0v) is 12.4. The van der Waals surface area contributed by atoms with E-state index in [1.54, 1.807) is 19.1 Å². The van der Waals surface area contributed by atoms with Crippen molar-refractivity contribution in [2.75, 3.05) is 23.9 Å². The molecule has 4 nitrogen and oxygen atoms in total. The van der Waals surface area contributed by atoms with Crippen molar-refractivity contribution in [3.63, 3.8) is 0 Å². The van der Waals surface area contributed by atoms with Crippen LogP contribution in [0.5, 0.6) is 0 Å². The number of rotatable bonds is 9. The summed E-state index contributed by atoms with van der Waals surface area (Å²) in [6.07, 6.45) is 7.03. The van der Waals surface area contributed by atoms with Crippen molar-refractivity contribution in [2.24, 2.45) is 0 Å². The third-order valence-electron chi connectivity index (χ3n) is 2.90. The summed E-state index contributed by atoms with van der Waals surface area (Å²) in [5, 5.41) is 12.1. The third kappa shape index (κ3) is 5.96. The van der Waals surface area contributed by atoms with Gasteiger partial charge in [-0.3, -0.25) is 0 Å². The van der Waals surface area contributed by atoms with Crippen LogP contribution in [0.1, 0.15) is 41.7 Å². The van der Waals surface area contributed by atoms with Gasteiger partial charge in [0, 0.05) is 6.54 Å². The van der Waals surface area contributed by atoms with E-state index in [9.17, 15) is 4.79 Å². The Hall–Kier alpha value is -1.23. The molecule has 0 radical (unpaired) electrons. The number of hydrogen-bond donors (Lipinski definition) is 2. The van der Waals surface area contributed by atoms with Crippen LogP contribution in [0, 0.1) is 6.92 Å². The van der Waals surface area contributed by atoms with Gasteiger partial charge in [0.1, 0.15) is 5.82 Å². The Morgan fingerprint density at radius 2 is 2.05 bits per heavy atom. The molecule has 1 aromatic rings. The molecule has 0 saturated heterocycles. The number of carbonyl (C=O) groups is 1. The van der Waals surface area contributed by atoms with E-state index in [2.05, 4.69) is 16.6 Å². The Bertz CT molecular complexity index is 410. The van der Waals surface area contributed by atoms with Crippen LogP contribution < -0.4 is 5.32 Å². The summed E-state index contributed by atoms with van der Waals surface area (Å²) in [4.78, 5) is 15.1. The number of pyridine rings is 1. The predicted molar refractivity (Wildman–Crippen MR) is 81.3 cm³/mol. The minimum absolute atomic E-state index is 0.266. The molecule has 106 valence electrons. The number of hydrogen-bond acceptors (Lipinski definition) is 4. The van der Waals surface area contributed by atoms with Gasteiger partial charge in [0.15, 0.2) is 0 Å². The molecule has 0 aliphatic carbocycles. The van der Waals surface area contributed by atoms with Crippen molar-refractivity contribution >= 4 is 23.5 Å². The largest absolute Gasteiger partial charge is 0.478 e. The zero-order chi connectivity index (χ0) is 14.1. The first-order valence-electron chi connectivity index (χ1n) is 6.59. The number of aromatic nitrogens is 1. The average Bonchev–Trinajstić information content (AvgIpc) is 2.37. The molecule has 19 heavy (non-hydrogen) atoms. The topological polar surface area (TPSA) is 62.2 Å². The fraction of sp³-hybridized carbons (Fsp3) is 0.571. The lowest BCUT2D eigenvalue weighted by atomic mass is 10.2. The Balaban J connectivity index is 2.26. The van der Waals surface area contributed by atoms with Gasteiger partial charge >= 0.3 is 5.97 Å². The maximum absolute atomic E-state index is 10.9. The normalized spacial score (nSPS) is 10.4. The maximum atomic E-state index is 10.9.